The van der Waals surface area contributed by atoms with Gasteiger partial charge in [-0.15, -0.1) is 0 Å². The van der Waals surface area contributed by atoms with Crippen molar-refractivity contribution >= 4 is 23.3 Å². The van der Waals surface area contributed by atoms with Crippen LogP contribution in [0.5, 0.6) is 0 Å². The van der Waals surface area contributed by atoms with Gasteiger partial charge in [0.25, 0.3) is 0 Å². The van der Waals surface area contributed by atoms with Gasteiger partial charge in [-0.1, -0.05) is 6.07 Å². The highest BCUT2D eigenvalue weighted by Gasteiger charge is 2.09. The highest BCUT2D eigenvalue weighted by atomic mass is 16.4. The molecule has 21 heavy (non-hydrogen) atoms. The third-order valence-electron chi connectivity index (χ3n) is 3.25. The second kappa shape index (κ2) is 5.66. The summed E-state index contributed by atoms with van der Waals surface area (Å²) in [6.45, 7) is 3.54. The summed E-state index contributed by atoms with van der Waals surface area (Å²) in [7, 11) is 0. The summed E-state index contributed by atoms with van der Waals surface area (Å²) < 4.78 is 0. The lowest BCUT2D eigenvalue weighted by Gasteiger charge is -2.11. The Labute approximate surface area is 122 Å². The molecule has 0 aliphatic heterocycles. The van der Waals surface area contributed by atoms with Crippen molar-refractivity contribution in [2.24, 2.45) is 5.73 Å². The molecule has 2 rings (SSSR count). The first-order valence-electron chi connectivity index (χ1n) is 6.40. The fraction of sp³-hybridized carbons (Fsp3) is 0.125. The standard InChI is InChI=1S/C16H16N2O3/c1-9-3-4-12(8-14(9)16(20)21)18-11-5-6-13(15(17)19)10(2)7-11/h3-8,18H,1-2H3,(H2,17,19)(H,20,21). The number of nitrogens with one attached hydrogen (secondary N) is 1. The summed E-state index contributed by atoms with van der Waals surface area (Å²) in [4.78, 5) is 22.3. The van der Waals surface area contributed by atoms with Gasteiger partial charge in [0.2, 0.25) is 5.91 Å². The van der Waals surface area contributed by atoms with Crippen molar-refractivity contribution in [3.63, 3.8) is 0 Å². The topological polar surface area (TPSA) is 92.4 Å². The summed E-state index contributed by atoms with van der Waals surface area (Å²) in [6, 6.07) is 10.3. The Balaban J connectivity index is 2.30. The third kappa shape index (κ3) is 3.20. The lowest BCUT2D eigenvalue weighted by Crippen LogP contribution is -2.12. The Morgan fingerprint density at radius 2 is 1.57 bits per heavy atom. The van der Waals surface area contributed by atoms with Crippen LogP contribution in [-0.4, -0.2) is 17.0 Å². The molecule has 0 unspecified atom stereocenters. The molecule has 0 saturated heterocycles. The number of aromatic carboxylic acids is 1. The number of rotatable bonds is 4. The predicted molar refractivity (Wildman–Crippen MR) is 81.1 cm³/mol. The summed E-state index contributed by atoms with van der Waals surface area (Å²) in [5, 5.41) is 12.2. The molecule has 0 heterocycles. The van der Waals surface area contributed by atoms with Crippen LogP contribution in [0.1, 0.15) is 31.8 Å². The molecule has 1 amide bonds. The minimum absolute atomic E-state index is 0.255. The molecule has 0 aliphatic carbocycles. The Morgan fingerprint density at radius 3 is 2.14 bits per heavy atom. The van der Waals surface area contributed by atoms with E-state index < -0.39 is 11.9 Å². The molecule has 5 heteroatoms. The molecule has 0 atom stereocenters. The van der Waals surface area contributed by atoms with Crippen LogP contribution in [0.3, 0.4) is 0 Å². The first-order valence-corrected chi connectivity index (χ1v) is 6.40. The molecule has 5 nitrogen and oxygen atoms in total. The molecule has 0 saturated carbocycles. The quantitative estimate of drug-likeness (QED) is 0.805. The van der Waals surface area contributed by atoms with Gasteiger partial charge >= 0.3 is 5.97 Å². The van der Waals surface area contributed by atoms with Crippen LogP contribution in [0.25, 0.3) is 0 Å². The van der Waals surface area contributed by atoms with Gasteiger partial charge in [-0.2, -0.15) is 0 Å². The number of hydrogen-bond donors (Lipinski definition) is 3. The van der Waals surface area contributed by atoms with Crippen molar-refractivity contribution in [1.82, 2.24) is 0 Å². The zero-order chi connectivity index (χ0) is 15.6. The highest BCUT2D eigenvalue weighted by Crippen LogP contribution is 2.22. The van der Waals surface area contributed by atoms with Gasteiger partial charge in [-0.25, -0.2) is 4.79 Å². The SMILES string of the molecule is Cc1cc(Nc2ccc(C)c(C(=O)O)c2)ccc1C(N)=O. The van der Waals surface area contributed by atoms with Crippen LogP contribution in [0.2, 0.25) is 0 Å². The van der Waals surface area contributed by atoms with Crippen molar-refractivity contribution in [2.45, 2.75) is 13.8 Å². The number of aryl methyl sites for hydroxylation is 2. The van der Waals surface area contributed by atoms with Gasteiger partial charge in [0, 0.05) is 16.9 Å². The van der Waals surface area contributed by atoms with E-state index in [0.717, 1.165) is 11.3 Å². The number of carbonyl (C=O) groups excluding carboxylic acids is 1. The van der Waals surface area contributed by atoms with E-state index in [1.54, 1.807) is 50.2 Å². The molecule has 4 N–H and O–H groups in total. The summed E-state index contributed by atoms with van der Waals surface area (Å²) in [5.74, 6) is -1.43. The van der Waals surface area contributed by atoms with E-state index >= 15 is 0 Å². The predicted octanol–water partition coefficient (Wildman–Crippen LogP) is 2.84. The summed E-state index contributed by atoms with van der Waals surface area (Å²) in [5.41, 5.74) is 8.88. The van der Waals surface area contributed by atoms with E-state index in [1.807, 2.05) is 0 Å². The molecule has 0 aromatic heterocycles. The Kier molecular flexibility index (Phi) is 3.93. The zero-order valence-electron chi connectivity index (χ0n) is 11.8. The maximum Gasteiger partial charge on any atom is 0.336 e. The van der Waals surface area contributed by atoms with Crippen LogP contribution < -0.4 is 11.1 Å². The third-order valence-corrected chi connectivity index (χ3v) is 3.25. The number of hydrogen-bond acceptors (Lipinski definition) is 3. The summed E-state index contributed by atoms with van der Waals surface area (Å²) >= 11 is 0. The minimum atomic E-state index is -0.962. The molecule has 2 aromatic rings. The number of carboxylic acid groups (broad SMARTS) is 1. The normalized spacial score (nSPS) is 10.2. The lowest BCUT2D eigenvalue weighted by molar-refractivity contribution is 0.0696. The Morgan fingerprint density at radius 1 is 0.952 bits per heavy atom. The fourth-order valence-corrected chi connectivity index (χ4v) is 2.11. The smallest absolute Gasteiger partial charge is 0.336 e. The first kappa shape index (κ1) is 14.6. The number of benzene rings is 2. The largest absolute Gasteiger partial charge is 0.478 e. The van der Waals surface area contributed by atoms with Crippen molar-refractivity contribution in [3.8, 4) is 0 Å². The molecule has 0 bridgehead atoms. The van der Waals surface area contributed by atoms with Crippen molar-refractivity contribution < 1.29 is 14.7 Å². The van der Waals surface area contributed by atoms with E-state index in [4.69, 9.17) is 10.8 Å². The average Bonchev–Trinajstić information content (AvgIpc) is 2.40. The van der Waals surface area contributed by atoms with Gasteiger partial charge < -0.3 is 16.2 Å². The number of nitrogens with two attached hydrogens (primary N) is 1. The van der Waals surface area contributed by atoms with Crippen LogP contribution >= 0.6 is 0 Å². The number of carboxylic acids is 1. The highest BCUT2D eigenvalue weighted by molar-refractivity contribution is 5.95. The van der Waals surface area contributed by atoms with Crippen LogP contribution in [0.4, 0.5) is 11.4 Å². The lowest BCUT2D eigenvalue weighted by atomic mass is 10.1. The minimum Gasteiger partial charge on any atom is -0.478 e. The maximum absolute atomic E-state index is 11.2. The molecular weight excluding hydrogens is 268 g/mol. The van der Waals surface area contributed by atoms with E-state index in [-0.39, 0.29) is 5.56 Å². The van der Waals surface area contributed by atoms with E-state index in [9.17, 15) is 9.59 Å². The van der Waals surface area contributed by atoms with Gasteiger partial charge in [-0.3, -0.25) is 4.79 Å². The Hall–Kier alpha value is -2.82. The number of amides is 1. The van der Waals surface area contributed by atoms with Crippen LogP contribution in [-0.2, 0) is 0 Å². The monoisotopic (exact) mass is 284 g/mol. The van der Waals surface area contributed by atoms with Gasteiger partial charge in [0.05, 0.1) is 5.56 Å². The van der Waals surface area contributed by atoms with E-state index in [0.29, 0.717) is 16.8 Å². The first-order chi connectivity index (χ1) is 9.88. The fourth-order valence-electron chi connectivity index (χ4n) is 2.11. The number of primary amides is 1. The van der Waals surface area contributed by atoms with Gasteiger partial charge in [0.15, 0.2) is 0 Å². The Bertz CT molecular complexity index is 723. The van der Waals surface area contributed by atoms with Gasteiger partial charge in [-0.05, 0) is 55.3 Å². The molecule has 0 spiro atoms. The molecule has 0 radical (unpaired) electrons. The zero-order valence-corrected chi connectivity index (χ0v) is 11.8. The van der Waals surface area contributed by atoms with Crippen molar-refractivity contribution in [1.29, 1.82) is 0 Å². The molecular formula is C16H16N2O3. The van der Waals surface area contributed by atoms with Crippen molar-refractivity contribution in [2.75, 3.05) is 5.32 Å². The molecule has 108 valence electrons. The number of anilines is 2. The van der Waals surface area contributed by atoms with E-state index in [1.165, 1.54) is 0 Å². The van der Waals surface area contributed by atoms with Crippen molar-refractivity contribution in [3.05, 3.63) is 58.7 Å². The maximum atomic E-state index is 11.2. The summed E-state index contributed by atoms with van der Waals surface area (Å²) in [6.07, 6.45) is 0. The van der Waals surface area contributed by atoms with E-state index in [2.05, 4.69) is 5.32 Å². The second-order valence-corrected chi connectivity index (χ2v) is 4.85. The van der Waals surface area contributed by atoms with Crippen LogP contribution in [0.15, 0.2) is 36.4 Å². The number of carbonyl (C=O) groups is 2. The molecule has 0 aliphatic rings. The van der Waals surface area contributed by atoms with Crippen LogP contribution in [0, 0.1) is 13.8 Å². The molecule has 0 fully saturated rings. The second-order valence-electron chi connectivity index (χ2n) is 4.85. The van der Waals surface area contributed by atoms with Gasteiger partial charge in [0.1, 0.15) is 0 Å². The average molecular weight is 284 g/mol. The molecule has 2 aromatic carbocycles.